The summed E-state index contributed by atoms with van der Waals surface area (Å²) < 4.78 is 47.5. The van der Waals surface area contributed by atoms with Gasteiger partial charge in [-0.05, 0) is 25.7 Å². The Kier molecular flexibility index (Phi) is 6.45. The van der Waals surface area contributed by atoms with E-state index in [-0.39, 0.29) is 18.0 Å². The summed E-state index contributed by atoms with van der Waals surface area (Å²) in [6.07, 6.45) is -1.80. The Morgan fingerprint density at radius 1 is 1.25 bits per heavy atom. The number of amides is 2. The predicted molar refractivity (Wildman–Crippen MR) is 94.8 cm³/mol. The molecule has 0 aromatic rings. The maximum absolute atomic E-state index is 14.3. The number of methoxy groups -OCH3 is 1. The van der Waals surface area contributed by atoms with E-state index in [4.69, 9.17) is 0 Å². The van der Waals surface area contributed by atoms with Gasteiger partial charge in [-0.15, -0.1) is 0 Å². The predicted octanol–water partition coefficient (Wildman–Crippen LogP) is 3.07. The SMILES string of the molecule is COC(=O)C1=C(C)N(C2CCCCC2)C(=O)[C@]1(NC(=O)CC(C)C)C(F)(F)F. The van der Waals surface area contributed by atoms with Gasteiger partial charge < -0.3 is 15.0 Å². The molecular weight excluding hydrogens is 377 g/mol. The molecule has 0 aromatic heterocycles. The molecule has 1 atom stereocenters. The number of hydrogen-bond acceptors (Lipinski definition) is 4. The van der Waals surface area contributed by atoms with Gasteiger partial charge in [-0.1, -0.05) is 33.1 Å². The van der Waals surface area contributed by atoms with Crippen molar-refractivity contribution in [1.29, 1.82) is 0 Å². The van der Waals surface area contributed by atoms with Crippen LogP contribution in [0.3, 0.4) is 0 Å². The molecule has 0 aromatic carbocycles. The first kappa shape index (κ1) is 22.2. The van der Waals surface area contributed by atoms with E-state index in [2.05, 4.69) is 4.74 Å². The van der Waals surface area contributed by atoms with E-state index >= 15 is 0 Å². The van der Waals surface area contributed by atoms with Crippen molar-refractivity contribution < 1.29 is 32.3 Å². The Hall–Kier alpha value is -2.06. The molecule has 1 aliphatic heterocycles. The molecule has 0 saturated heterocycles. The molecule has 9 heteroatoms. The number of ether oxygens (including phenoxy) is 1. The summed E-state index contributed by atoms with van der Waals surface area (Å²) in [5.74, 6) is -3.77. The lowest BCUT2D eigenvalue weighted by Gasteiger charge is -2.36. The van der Waals surface area contributed by atoms with Crippen molar-refractivity contribution >= 4 is 17.8 Å². The minimum Gasteiger partial charge on any atom is -0.466 e. The van der Waals surface area contributed by atoms with E-state index in [0.29, 0.717) is 12.8 Å². The van der Waals surface area contributed by atoms with Crippen LogP contribution >= 0.6 is 0 Å². The van der Waals surface area contributed by atoms with Crippen LogP contribution in [0, 0.1) is 5.92 Å². The number of nitrogens with zero attached hydrogens (tertiary/aromatic N) is 1. The van der Waals surface area contributed by atoms with Gasteiger partial charge in [0.15, 0.2) is 0 Å². The van der Waals surface area contributed by atoms with Crippen molar-refractivity contribution in [2.24, 2.45) is 5.92 Å². The minimum atomic E-state index is -5.20. The van der Waals surface area contributed by atoms with Crippen LogP contribution < -0.4 is 5.32 Å². The number of nitrogens with one attached hydrogen (secondary N) is 1. The number of allylic oxidation sites excluding steroid dienone is 1. The van der Waals surface area contributed by atoms with Crippen LogP contribution in [0.15, 0.2) is 11.3 Å². The number of carbonyl (C=O) groups is 3. The van der Waals surface area contributed by atoms with Crippen molar-refractivity contribution in [3.8, 4) is 0 Å². The summed E-state index contributed by atoms with van der Waals surface area (Å²) >= 11 is 0. The molecule has 0 unspecified atom stereocenters. The lowest BCUT2D eigenvalue weighted by Crippen LogP contribution is -2.66. The van der Waals surface area contributed by atoms with Gasteiger partial charge >= 0.3 is 12.1 Å². The molecule has 1 fully saturated rings. The molecule has 158 valence electrons. The molecule has 1 heterocycles. The Labute approximate surface area is 162 Å². The number of hydrogen-bond donors (Lipinski definition) is 1. The van der Waals surface area contributed by atoms with Crippen molar-refractivity contribution in [2.75, 3.05) is 7.11 Å². The minimum absolute atomic E-state index is 0.106. The van der Waals surface area contributed by atoms with Gasteiger partial charge in [-0.3, -0.25) is 9.59 Å². The van der Waals surface area contributed by atoms with Gasteiger partial charge in [0.25, 0.3) is 5.91 Å². The summed E-state index contributed by atoms with van der Waals surface area (Å²) in [4.78, 5) is 38.9. The maximum Gasteiger partial charge on any atom is 0.425 e. The molecule has 1 aliphatic carbocycles. The number of rotatable bonds is 5. The van der Waals surface area contributed by atoms with Gasteiger partial charge in [-0.25, -0.2) is 4.79 Å². The number of alkyl halides is 3. The second-order valence-corrected chi connectivity index (χ2v) is 7.81. The average Bonchev–Trinajstić information content (AvgIpc) is 2.82. The van der Waals surface area contributed by atoms with E-state index in [9.17, 15) is 27.6 Å². The summed E-state index contributed by atoms with van der Waals surface area (Å²) in [6.45, 7) is 4.65. The molecular formula is C19H27F3N2O4. The van der Waals surface area contributed by atoms with Crippen LogP contribution in [0.2, 0.25) is 0 Å². The first-order chi connectivity index (χ1) is 13.0. The van der Waals surface area contributed by atoms with Crippen LogP contribution in [-0.4, -0.2) is 47.6 Å². The van der Waals surface area contributed by atoms with E-state index in [1.165, 1.54) is 6.92 Å². The Morgan fingerprint density at radius 3 is 2.29 bits per heavy atom. The second kappa shape index (κ2) is 8.13. The third-order valence-electron chi connectivity index (χ3n) is 5.31. The van der Waals surface area contributed by atoms with Crippen LogP contribution in [0.1, 0.15) is 59.3 Å². The van der Waals surface area contributed by atoms with Crippen molar-refractivity contribution in [3.63, 3.8) is 0 Å². The third-order valence-corrected chi connectivity index (χ3v) is 5.31. The smallest absolute Gasteiger partial charge is 0.425 e. The lowest BCUT2D eigenvalue weighted by molar-refractivity contribution is -0.197. The summed E-state index contributed by atoms with van der Waals surface area (Å²) in [7, 11) is 0.952. The highest BCUT2D eigenvalue weighted by atomic mass is 19.4. The molecule has 0 spiro atoms. The highest BCUT2D eigenvalue weighted by molar-refractivity contribution is 6.10. The van der Waals surface area contributed by atoms with E-state index in [0.717, 1.165) is 31.3 Å². The molecule has 28 heavy (non-hydrogen) atoms. The Morgan fingerprint density at radius 2 is 1.82 bits per heavy atom. The van der Waals surface area contributed by atoms with Gasteiger partial charge in [0.2, 0.25) is 11.4 Å². The number of halogens is 3. The quantitative estimate of drug-likeness (QED) is 0.715. The molecule has 1 saturated carbocycles. The molecule has 6 nitrogen and oxygen atoms in total. The summed E-state index contributed by atoms with van der Waals surface area (Å²) in [5, 5.41) is 1.86. The monoisotopic (exact) mass is 404 g/mol. The van der Waals surface area contributed by atoms with Crippen LogP contribution in [0.25, 0.3) is 0 Å². The van der Waals surface area contributed by atoms with Gasteiger partial charge in [0, 0.05) is 18.2 Å². The Bertz CT molecular complexity index is 681. The normalized spacial score (nSPS) is 24.1. The molecule has 2 amide bonds. The summed E-state index contributed by atoms with van der Waals surface area (Å²) in [6, 6.07) is -0.438. The number of carbonyl (C=O) groups excluding carboxylic acids is 3. The van der Waals surface area contributed by atoms with E-state index < -0.39 is 41.1 Å². The maximum atomic E-state index is 14.3. The topological polar surface area (TPSA) is 75.7 Å². The Balaban J connectivity index is 2.61. The van der Waals surface area contributed by atoms with Crippen LogP contribution in [-0.2, 0) is 19.1 Å². The van der Waals surface area contributed by atoms with Gasteiger partial charge in [-0.2, -0.15) is 13.2 Å². The van der Waals surface area contributed by atoms with Gasteiger partial charge in [0.1, 0.15) is 5.57 Å². The average molecular weight is 404 g/mol. The molecule has 2 aliphatic rings. The second-order valence-electron chi connectivity index (χ2n) is 7.81. The van der Waals surface area contributed by atoms with Crippen molar-refractivity contribution in [1.82, 2.24) is 10.2 Å². The molecule has 2 rings (SSSR count). The molecule has 0 bridgehead atoms. The van der Waals surface area contributed by atoms with Crippen molar-refractivity contribution in [2.45, 2.75) is 77.1 Å². The third kappa shape index (κ3) is 3.75. The fraction of sp³-hybridized carbons (Fsp3) is 0.737. The zero-order valence-corrected chi connectivity index (χ0v) is 16.6. The van der Waals surface area contributed by atoms with Crippen molar-refractivity contribution in [3.05, 3.63) is 11.3 Å². The van der Waals surface area contributed by atoms with Gasteiger partial charge in [0.05, 0.1) is 7.11 Å². The van der Waals surface area contributed by atoms with E-state index in [1.54, 1.807) is 13.8 Å². The summed E-state index contributed by atoms with van der Waals surface area (Å²) in [5.41, 5.74) is -4.38. The highest BCUT2D eigenvalue weighted by Crippen LogP contribution is 2.47. The molecule has 0 radical (unpaired) electrons. The van der Waals surface area contributed by atoms with Crippen LogP contribution in [0.4, 0.5) is 13.2 Å². The molecule has 1 N–H and O–H groups in total. The zero-order valence-electron chi connectivity index (χ0n) is 16.6. The van der Waals surface area contributed by atoms with E-state index in [1.807, 2.05) is 5.32 Å². The largest absolute Gasteiger partial charge is 0.466 e. The zero-order chi connectivity index (χ0) is 21.3. The van der Waals surface area contributed by atoms with Crippen LogP contribution in [0.5, 0.6) is 0 Å². The first-order valence-corrected chi connectivity index (χ1v) is 9.48. The number of esters is 1. The fourth-order valence-corrected chi connectivity index (χ4v) is 4.09. The fourth-order valence-electron chi connectivity index (χ4n) is 4.09. The standard InChI is InChI=1S/C19H27F3N2O4/c1-11(2)10-14(25)23-18(19(20,21)22)15(16(26)28-4)12(3)24(17(18)27)13-8-6-5-7-9-13/h11,13H,5-10H2,1-4H3,(H,23,25)/t18-/m0/s1. The lowest BCUT2D eigenvalue weighted by atomic mass is 9.88. The first-order valence-electron chi connectivity index (χ1n) is 9.48. The highest BCUT2D eigenvalue weighted by Gasteiger charge is 2.71.